The van der Waals surface area contributed by atoms with Crippen LogP contribution in [0.2, 0.25) is 0 Å². The van der Waals surface area contributed by atoms with E-state index in [0.717, 1.165) is 11.1 Å². The zero-order chi connectivity index (χ0) is 8.97. The van der Waals surface area contributed by atoms with Crippen molar-refractivity contribution in [3.05, 3.63) is 35.4 Å². The quantitative estimate of drug-likeness (QED) is 0.685. The largest absolute Gasteiger partial charge is 0.469 e. The van der Waals surface area contributed by atoms with Gasteiger partial charge in [0, 0.05) is 37.7 Å². The second-order valence-corrected chi connectivity index (χ2v) is 2.74. The van der Waals surface area contributed by atoms with Crippen molar-refractivity contribution < 1.29 is 47.3 Å². The van der Waals surface area contributed by atoms with Crippen LogP contribution in [0, 0.1) is 44.7 Å². The molecule has 0 radical (unpaired) electrons. The van der Waals surface area contributed by atoms with E-state index in [9.17, 15) is 4.79 Å². The summed E-state index contributed by atoms with van der Waals surface area (Å²) in [4.78, 5) is 10.9. The summed E-state index contributed by atoms with van der Waals surface area (Å²) in [6.45, 7) is 2.00. The van der Waals surface area contributed by atoms with Crippen molar-refractivity contribution in [3.8, 4) is 0 Å². The van der Waals surface area contributed by atoms with Crippen molar-refractivity contribution >= 4 is 5.97 Å². The summed E-state index contributed by atoms with van der Waals surface area (Å²) in [5, 5.41) is 0. The number of methoxy groups -OCH3 is 1. The Morgan fingerprint density at radius 3 is 2.69 bits per heavy atom. The van der Waals surface area contributed by atoms with Gasteiger partial charge in [0.15, 0.2) is 0 Å². The van der Waals surface area contributed by atoms with E-state index < -0.39 is 0 Å². The number of ether oxygens (including phenoxy) is 1. The zero-order valence-corrected chi connectivity index (χ0v) is 8.39. The number of carbonyl (C=O) groups excluding carboxylic acids is 1. The summed E-state index contributed by atoms with van der Waals surface area (Å²) < 4.78 is 4.56. The molecule has 72 valence electrons. The third-order valence-corrected chi connectivity index (χ3v) is 1.66. The van der Waals surface area contributed by atoms with Gasteiger partial charge in [0.25, 0.3) is 0 Å². The van der Waals surface area contributed by atoms with Crippen LogP contribution in [0.1, 0.15) is 11.1 Å². The average molecular weight is 204 g/mol. The van der Waals surface area contributed by atoms with Gasteiger partial charge in [0.2, 0.25) is 0 Å². The topological polar surface area (TPSA) is 26.3 Å². The van der Waals surface area contributed by atoms with Gasteiger partial charge in [-0.15, -0.1) is 0 Å². The van der Waals surface area contributed by atoms with E-state index in [4.69, 9.17) is 0 Å². The van der Waals surface area contributed by atoms with E-state index in [-0.39, 0.29) is 43.7 Å². The molecule has 13 heavy (non-hydrogen) atoms. The molecule has 0 unspecified atom stereocenters. The molecule has 0 fully saturated rings. The first-order valence-corrected chi connectivity index (χ1v) is 3.84. The van der Waals surface area contributed by atoms with Crippen molar-refractivity contribution in [1.29, 1.82) is 0 Å². The van der Waals surface area contributed by atoms with Crippen LogP contribution in [0.4, 0.5) is 0 Å². The van der Waals surface area contributed by atoms with Crippen LogP contribution >= 0.6 is 0 Å². The summed E-state index contributed by atoms with van der Waals surface area (Å²) in [7, 11) is 1.40. The van der Waals surface area contributed by atoms with Crippen LogP contribution in [-0.4, -0.2) is 13.1 Å². The van der Waals surface area contributed by atoms with Gasteiger partial charge in [0.1, 0.15) is 0 Å². The number of hydrogen-bond donors (Lipinski definition) is 0. The van der Waals surface area contributed by atoms with E-state index in [1.54, 1.807) is 0 Å². The van der Waals surface area contributed by atoms with Crippen LogP contribution in [0.15, 0.2) is 24.3 Å². The molecule has 0 aromatic heterocycles. The molecule has 0 aliphatic heterocycles. The Balaban J connectivity index is 0.00000144. The van der Waals surface area contributed by atoms with E-state index >= 15 is 0 Å². The maximum Gasteiger partial charge on any atom is 0.309 e. The second kappa shape index (κ2) is 6.41. The third kappa shape index (κ3) is 4.65. The van der Waals surface area contributed by atoms with Gasteiger partial charge in [-0.3, -0.25) is 4.79 Å². The predicted molar refractivity (Wildman–Crippen MR) is 46.9 cm³/mol. The van der Waals surface area contributed by atoms with Crippen molar-refractivity contribution in [2.24, 2.45) is 0 Å². The Morgan fingerprint density at radius 2 is 2.15 bits per heavy atom. The molecule has 0 saturated carbocycles. The van der Waals surface area contributed by atoms with Crippen LogP contribution in [0.25, 0.3) is 0 Å². The summed E-state index contributed by atoms with van der Waals surface area (Å²) in [6.07, 6.45) is 0.359. The number of esters is 1. The molecule has 0 amide bonds. The van der Waals surface area contributed by atoms with Crippen molar-refractivity contribution in [2.45, 2.75) is 13.3 Å². The van der Waals surface area contributed by atoms with Crippen molar-refractivity contribution in [3.63, 3.8) is 0 Å². The standard InChI is InChI=1S/C10H12O2.Ar/c1-8-4-3-5-9(6-8)7-10(11)12-2;/h3-6H,7H2,1-2H3;. The molecule has 0 aliphatic carbocycles. The molecule has 1 aromatic carbocycles. The maximum atomic E-state index is 10.9. The van der Waals surface area contributed by atoms with Gasteiger partial charge in [-0.1, -0.05) is 29.8 Å². The van der Waals surface area contributed by atoms with Crippen molar-refractivity contribution in [2.75, 3.05) is 7.11 Å². The van der Waals surface area contributed by atoms with Gasteiger partial charge in [-0.25, -0.2) is 0 Å². The summed E-state index contributed by atoms with van der Waals surface area (Å²) >= 11 is 0. The number of benzene rings is 1. The molecule has 0 bridgehead atoms. The second-order valence-electron chi connectivity index (χ2n) is 2.74. The predicted octanol–water partition coefficient (Wildman–Crippen LogP) is 1.71. The van der Waals surface area contributed by atoms with Crippen LogP contribution in [0.5, 0.6) is 0 Å². The van der Waals surface area contributed by atoms with E-state index in [1.165, 1.54) is 7.11 Å². The summed E-state index contributed by atoms with van der Waals surface area (Å²) in [5.74, 6) is -0.194. The molecule has 0 saturated heterocycles. The number of carbonyl (C=O) groups is 1. The van der Waals surface area contributed by atoms with E-state index in [0.29, 0.717) is 6.42 Å². The monoisotopic (exact) mass is 204 g/mol. The van der Waals surface area contributed by atoms with E-state index in [2.05, 4.69) is 4.74 Å². The molecule has 0 heterocycles. The minimum Gasteiger partial charge on any atom is -0.469 e. The Hall–Kier alpha value is -0.0503. The molecule has 1 aromatic rings. The molecule has 3 heteroatoms. The fourth-order valence-electron chi connectivity index (χ4n) is 1.06. The first-order valence-electron chi connectivity index (χ1n) is 3.84. The van der Waals surface area contributed by atoms with Crippen LogP contribution in [0.3, 0.4) is 0 Å². The Morgan fingerprint density at radius 1 is 1.46 bits per heavy atom. The SMILES string of the molecule is COC(=O)Cc1cccc(C)c1.[Ar]. The maximum absolute atomic E-state index is 10.9. The average Bonchev–Trinajstić information content (AvgIpc) is 2.04. The first-order chi connectivity index (χ1) is 5.72. The van der Waals surface area contributed by atoms with Gasteiger partial charge in [0.05, 0.1) is 13.5 Å². The number of hydrogen-bond acceptors (Lipinski definition) is 2. The Kier molecular flexibility index (Phi) is 6.39. The van der Waals surface area contributed by atoms with E-state index in [1.807, 2.05) is 31.2 Å². The normalized spacial score (nSPS) is 8.77. The fraction of sp³-hybridized carbons (Fsp3) is 0.300. The minimum absolute atomic E-state index is 0. The smallest absolute Gasteiger partial charge is 0.309 e. The molecule has 0 aliphatic rings. The molecule has 0 atom stereocenters. The van der Waals surface area contributed by atoms with Crippen molar-refractivity contribution in [1.82, 2.24) is 0 Å². The van der Waals surface area contributed by atoms with Gasteiger partial charge < -0.3 is 4.74 Å². The van der Waals surface area contributed by atoms with Crippen LogP contribution < -0.4 is 0 Å². The first kappa shape index (κ1) is 12.9. The van der Waals surface area contributed by atoms with Crippen LogP contribution in [-0.2, 0) is 16.0 Å². The van der Waals surface area contributed by atoms with Gasteiger partial charge in [-0.05, 0) is 12.5 Å². The molecule has 0 N–H and O–H groups in total. The van der Waals surface area contributed by atoms with Gasteiger partial charge in [-0.2, -0.15) is 0 Å². The molecule has 1 rings (SSSR count). The number of aryl methyl sites for hydroxylation is 1. The summed E-state index contributed by atoms with van der Waals surface area (Å²) in [6, 6.07) is 7.84. The Bertz CT molecular complexity index is 284. The zero-order valence-electron chi connectivity index (χ0n) is 7.69. The molecular formula is C10H12ArO2. The Labute approximate surface area is 108 Å². The summed E-state index contributed by atoms with van der Waals surface area (Å²) in [5.41, 5.74) is 2.17. The fourth-order valence-corrected chi connectivity index (χ4v) is 1.06. The third-order valence-electron chi connectivity index (χ3n) is 1.66. The molecule has 2 nitrogen and oxygen atoms in total. The molecular weight excluding hydrogens is 192 g/mol. The number of rotatable bonds is 2. The van der Waals surface area contributed by atoms with Gasteiger partial charge >= 0.3 is 5.97 Å². The minimum atomic E-state index is -0.194. The molecule has 0 spiro atoms.